The summed E-state index contributed by atoms with van der Waals surface area (Å²) in [4.78, 5) is 0. The molecule has 0 nitrogen and oxygen atoms in total. The van der Waals surface area contributed by atoms with Crippen LogP contribution in [0.5, 0.6) is 0 Å². The van der Waals surface area contributed by atoms with E-state index in [1.54, 1.807) is 0 Å². The zero-order chi connectivity index (χ0) is 44.2. The Morgan fingerprint density at radius 1 is 0.176 bits per heavy atom. The van der Waals surface area contributed by atoms with Crippen LogP contribution < -0.4 is 0 Å². The summed E-state index contributed by atoms with van der Waals surface area (Å²) in [6.07, 6.45) is 0. The van der Waals surface area contributed by atoms with E-state index >= 15 is 0 Å². The fourth-order valence-electron chi connectivity index (χ4n) is 11.7. The van der Waals surface area contributed by atoms with Crippen LogP contribution in [0, 0.1) is 0 Å². The third kappa shape index (κ3) is 5.13. The first-order chi connectivity index (χ1) is 33.7. The van der Waals surface area contributed by atoms with Crippen molar-refractivity contribution in [2.45, 2.75) is 0 Å². The molecule has 0 amide bonds. The first kappa shape index (κ1) is 37.6. The average molecular weight is 931 g/mol. The molecule has 314 valence electrons. The van der Waals surface area contributed by atoms with Crippen LogP contribution >= 0.6 is 45.3 Å². The van der Waals surface area contributed by atoms with Crippen molar-refractivity contribution in [3.63, 3.8) is 0 Å². The minimum absolute atomic E-state index is 1.28. The summed E-state index contributed by atoms with van der Waals surface area (Å²) in [7, 11) is 0. The Kier molecular flexibility index (Phi) is 7.78. The second kappa shape index (κ2) is 14.1. The number of benzene rings is 12. The molecule has 4 aromatic heterocycles. The topological polar surface area (TPSA) is 0 Å². The molecule has 0 fully saturated rings. The minimum atomic E-state index is 1.28. The predicted molar refractivity (Wildman–Crippen MR) is 303 cm³/mol. The molecule has 16 aromatic rings. The van der Waals surface area contributed by atoms with E-state index in [0.29, 0.717) is 0 Å². The Morgan fingerprint density at radius 2 is 0.412 bits per heavy atom. The first-order valence-corrected chi connectivity index (χ1v) is 26.4. The van der Waals surface area contributed by atoms with Crippen molar-refractivity contribution >= 4 is 158 Å². The number of hydrogen-bond acceptors (Lipinski definition) is 4. The van der Waals surface area contributed by atoms with Crippen molar-refractivity contribution in [1.82, 2.24) is 0 Å². The number of hydrogen-bond donors (Lipinski definition) is 0. The van der Waals surface area contributed by atoms with Crippen LogP contribution in [0.4, 0.5) is 0 Å². The van der Waals surface area contributed by atoms with E-state index in [9.17, 15) is 0 Å². The van der Waals surface area contributed by atoms with Crippen LogP contribution in [0.1, 0.15) is 0 Å². The van der Waals surface area contributed by atoms with Crippen LogP contribution in [0.25, 0.3) is 158 Å². The number of rotatable bonds is 4. The van der Waals surface area contributed by atoms with Gasteiger partial charge in [-0.1, -0.05) is 170 Å². The molecule has 0 aliphatic carbocycles. The Hall–Kier alpha value is -7.44. The molecule has 0 saturated carbocycles. The highest BCUT2D eigenvalue weighted by molar-refractivity contribution is 7.27. The van der Waals surface area contributed by atoms with Crippen molar-refractivity contribution in [3.8, 4) is 44.5 Å². The van der Waals surface area contributed by atoms with E-state index in [4.69, 9.17) is 0 Å². The Bertz CT molecular complexity index is 4200. The van der Waals surface area contributed by atoms with E-state index in [1.807, 2.05) is 45.3 Å². The highest BCUT2D eigenvalue weighted by atomic mass is 32.1. The Morgan fingerprint density at radius 3 is 0.676 bits per heavy atom. The summed E-state index contributed by atoms with van der Waals surface area (Å²) >= 11 is 7.68. The fourth-order valence-corrected chi connectivity index (χ4v) is 16.6. The third-order valence-electron chi connectivity index (χ3n) is 14.7. The highest BCUT2D eigenvalue weighted by Crippen LogP contribution is 2.54. The zero-order valence-corrected chi connectivity index (χ0v) is 39.5. The van der Waals surface area contributed by atoms with Gasteiger partial charge in [-0.2, -0.15) is 0 Å². The summed E-state index contributed by atoms with van der Waals surface area (Å²) in [5.41, 5.74) is 10.3. The van der Waals surface area contributed by atoms with Gasteiger partial charge in [0, 0.05) is 103 Å². The quantitative estimate of drug-likeness (QED) is 0.154. The lowest BCUT2D eigenvalue weighted by Crippen LogP contribution is -1.94. The van der Waals surface area contributed by atoms with E-state index < -0.39 is 0 Å². The molecule has 0 aliphatic heterocycles. The standard InChI is InChI=1S/C64H34S4/c1-5-25-55-35(13-1)43-17-9-21-47(61(43)65-55)51-33-52(48-22-10-18-44-36-14-2-6-26-56(36)66-62(44)48)40-31-32-42-54(50-24-12-20-46-38-16-4-8-28-58(38)68-64(46)50)34-53(41-30-29-39(51)59(40)60(41)42)49-23-11-19-45-37-15-3-7-27-57(37)67-63(45)49/h1-34H. The van der Waals surface area contributed by atoms with Gasteiger partial charge in [-0.05, 0) is 91.0 Å². The second-order valence-electron chi connectivity index (χ2n) is 18.1. The lowest BCUT2D eigenvalue weighted by Gasteiger charge is -2.22. The molecular formula is C64H34S4. The summed E-state index contributed by atoms with van der Waals surface area (Å²) in [5.74, 6) is 0. The predicted octanol–water partition coefficient (Wildman–Crippen LogP) is 20.7. The molecule has 12 aromatic carbocycles. The maximum Gasteiger partial charge on any atom is 0.0434 e. The van der Waals surface area contributed by atoms with Crippen molar-refractivity contribution in [2.75, 3.05) is 0 Å². The van der Waals surface area contributed by atoms with Gasteiger partial charge in [0.2, 0.25) is 0 Å². The van der Waals surface area contributed by atoms with Crippen molar-refractivity contribution < 1.29 is 0 Å². The van der Waals surface area contributed by atoms with Crippen LogP contribution in [-0.4, -0.2) is 0 Å². The first-order valence-electron chi connectivity index (χ1n) is 23.1. The third-order valence-corrected chi connectivity index (χ3v) is 19.6. The van der Waals surface area contributed by atoms with Gasteiger partial charge in [0.15, 0.2) is 0 Å². The van der Waals surface area contributed by atoms with Crippen molar-refractivity contribution in [2.24, 2.45) is 0 Å². The van der Waals surface area contributed by atoms with E-state index in [-0.39, 0.29) is 0 Å². The summed E-state index contributed by atoms with van der Waals surface area (Å²) in [6, 6.07) is 78.4. The molecular weight excluding hydrogens is 897 g/mol. The SMILES string of the molecule is c1ccc2c(c1)sc1c(-c3cc(-c4cccc5c4sc4ccccc45)c4ccc5c(-c6cccc7c6sc6ccccc67)cc(-c6cccc7c6sc6ccccc67)c6ccc3c4c65)cccc12. The fraction of sp³-hybridized carbons (Fsp3) is 0. The molecule has 4 heteroatoms. The maximum atomic E-state index is 2.54. The van der Waals surface area contributed by atoms with Gasteiger partial charge in [-0.3, -0.25) is 0 Å². The normalized spacial score (nSPS) is 12.4. The van der Waals surface area contributed by atoms with Gasteiger partial charge < -0.3 is 0 Å². The van der Waals surface area contributed by atoms with Crippen LogP contribution in [0.15, 0.2) is 206 Å². The monoisotopic (exact) mass is 930 g/mol. The number of thiophene rings is 4. The molecule has 0 N–H and O–H groups in total. The highest BCUT2D eigenvalue weighted by Gasteiger charge is 2.25. The van der Waals surface area contributed by atoms with E-state index in [0.717, 1.165) is 0 Å². The van der Waals surface area contributed by atoms with Gasteiger partial charge in [-0.25, -0.2) is 0 Å². The molecule has 0 radical (unpaired) electrons. The van der Waals surface area contributed by atoms with Crippen LogP contribution in [0.2, 0.25) is 0 Å². The summed E-state index contributed by atoms with van der Waals surface area (Å²) in [5, 5.41) is 18.4. The minimum Gasteiger partial charge on any atom is -0.135 e. The van der Waals surface area contributed by atoms with Crippen molar-refractivity contribution in [1.29, 1.82) is 0 Å². The van der Waals surface area contributed by atoms with Crippen LogP contribution in [-0.2, 0) is 0 Å². The van der Waals surface area contributed by atoms with Gasteiger partial charge in [0.05, 0.1) is 0 Å². The summed E-state index contributed by atoms with van der Waals surface area (Å²) in [6.45, 7) is 0. The molecule has 0 saturated heterocycles. The smallest absolute Gasteiger partial charge is 0.0434 e. The Labute approximate surface area is 406 Å². The van der Waals surface area contributed by atoms with Gasteiger partial charge in [0.25, 0.3) is 0 Å². The second-order valence-corrected chi connectivity index (χ2v) is 22.3. The average Bonchev–Trinajstić information content (AvgIpc) is 4.18. The van der Waals surface area contributed by atoms with Crippen molar-refractivity contribution in [3.05, 3.63) is 206 Å². The van der Waals surface area contributed by atoms with E-state index in [2.05, 4.69) is 206 Å². The molecule has 0 unspecified atom stereocenters. The zero-order valence-electron chi connectivity index (χ0n) is 36.3. The molecule has 0 bridgehead atoms. The molecule has 0 spiro atoms. The maximum absolute atomic E-state index is 2.54. The molecule has 0 aliphatic rings. The van der Waals surface area contributed by atoms with Crippen LogP contribution in [0.3, 0.4) is 0 Å². The van der Waals surface area contributed by atoms with Gasteiger partial charge in [0.1, 0.15) is 0 Å². The number of fused-ring (bicyclic) bond motifs is 12. The van der Waals surface area contributed by atoms with E-state index in [1.165, 1.54) is 158 Å². The molecule has 68 heavy (non-hydrogen) atoms. The molecule has 4 heterocycles. The lowest BCUT2D eigenvalue weighted by atomic mass is 9.81. The summed E-state index contributed by atoms with van der Waals surface area (Å²) < 4.78 is 10.6. The molecule has 16 rings (SSSR count). The van der Waals surface area contributed by atoms with Gasteiger partial charge >= 0.3 is 0 Å². The van der Waals surface area contributed by atoms with Gasteiger partial charge in [-0.15, -0.1) is 45.3 Å². The Balaban J connectivity index is 1.10. The lowest BCUT2D eigenvalue weighted by molar-refractivity contribution is 1.69. The largest absolute Gasteiger partial charge is 0.135 e. The molecule has 0 atom stereocenters.